The van der Waals surface area contributed by atoms with Crippen LogP contribution in [0, 0.1) is 0 Å². The summed E-state index contributed by atoms with van der Waals surface area (Å²) in [5, 5.41) is 11.9. The van der Waals surface area contributed by atoms with Crippen molar-refractivity contribution in [2.24, 2.45) is 0 Å². The maximum absolute atomic E-state index is 12.1. The number of hydrogen-bond donors (Lipinski definition) is 2. The van der Waals surface area contributed by atoms with Crippen LogP contribution in [0.1, 0.15) is 23.2 Å². The molecule has 0 unspecified atom stereocenters. The highest BCUT2D eigenvalue weighted by molar-refractivity contribution is 7.99. The summed E-state index contributed by atoms with van der Waals surface area (Å²) in [5.41, 5.74) is 0.378. The van der Waals surface area contributed by atoms with E-state index in [9.17, 15) is 14.7 Å². The van der Waals surface area contributed by atoms with E-state index in [-0.39, 0.29) is 11.7 Å². The fourth-order valence-electron chi connectivity index (χ4n) is 1.70. The fourth-order valence-corrected chi connectivity index (χ4v) is 2.69. The molecule has 0 aliphatic rings. The molecule has 0 aromatic heterocycles. The Morgan fingerprint density at radius 1 is 1.41 bits per heavy atom. The fraction of sp³-hybridized carbons (Fsp3) is 0.375. The molecule has 0 aliphatic carbocycles. The molecule has 1 aromatic rings. The highest BCUT2D eigenvalue weighted by atomic mass is 32.2. The zero-order valence-corrected chi connectivity index (χ0v) is 13.4. The predicted molar refractivity (Wildman–Crippen MR) is 88.1 cm³/mol. The van der Waals surface area contributed by atoms with E-state index in [2.05, 4.69) is 11.9 Å². The number of ether oxygens (including phenoxy) is 1. The number of carbonyl (C=O) groups is 2. The zero-order valence-electron chi connectivity index (χ0n) is 12.6. The highest BCUT2D eigenvalue weighted by Crippen LogP contribution is 2.11. The van der Waals surface area contributed by atoms with Crippen molar-refractivity contribution < 1.29 is 19.4 Å². The van der Waals surface area contributed by atoms with Crippen molar-refractivity contribution in [3.05, 3.63) is 42.5 Å². The van der Waals surface area contributed by atoms with Gasteiger partial charge in [0.15, 0.2) is 0 Å². The molecule has 1 atom stereocenters. The van der Waals surface area contributed by atoms with Gasteiger partial charge >= 0.3 is 5.97 Å². The number of phenols is 1. The first kappa shape index (κ1) is 18.1. The lowest BCUT2D eigenvalue weighted by molar-refractivity contribution is -0.142. The molecule has 0 bridgehead atoms. The maximum Gasteiger partial charge on any atom is 0.329 e. The average Bonchev–Trinajstić information content (AvgIpc) is 2.53. The zero-order chi connectivity index (χ0) is 16.4. The van der Waals surface area contributed by atoms with Gasteiger partial charge in [0.1, 0.15) is 11.8 Å². The third-order valence-electron chi connectivity index (χ3n) is 2.90. The second-order valence-electron chi connectivity index (χ2n) is 4.60. The molecule has 120 valence electrons. The Morgan fingerprint density at radius 2 is 2.09 bits per heavy atom. The highest BCUT2D eigenvalue weighted by Gasteiger charge is 2.22. The van der Waals surface area contributed by atoms with E-state index in [0.29, 0.717) is 11.3 Å². The van der Waals surface area contributed by atoms with E-state index in [1.165, 1.54) is 31.4 Å². The molecule has 0 saturated heterocycles. The summed E-state index contributed by atoms with van der Waals surface area (Å²) in [6.45, 7) is 3.66. The van der Waals surface area contributed by atoms with Crippen molar-refractivity contribution in [1.82, 2.24) is 5.32 Å². The van der Waals surface area contributed by atoms with Gasteiger partial charge in [-0.3, -0.25) is 4.79 Å². The number of carbonyl (C=O) groups excluding carboxylic acids is 2. The molecule has 1 rings (SSSR count). The van der Waals surface area contributed by atoms with E-state index < -0.39 is 12.0 Å². The van der Waals surface area contributed by atoms with Gasteiger partial charge in [-0.15, -0.1) is 6.58 Å². The molecule has 1 amide bonds. The summed E-state index contributed by atoms with van der Waals surface area (Å²) < 4.78 is 4.72. The molecule has 0 fully saturated rings. The van der Waals surface area contributed by atoms with Gasteiger partial charge in [0, 0.05) is 11.3 Å². The van der Waals surface area contributed by atoms with E-state index in [1.54, 1.807) is 11.8 Å². The van der Waals surface area contributed by atoms with Gasteiger partial charge in [0.25, 0.3) is 5.91 Å². The van der Waals surface area contributed by atoms with Gasteiger partial charge in [-0.25, -0.2) is 4.79 Å². The number of aromatic hydroxyl groups is 1. The smallest absolute Gasteiger partial charge is 0.329 e. The number of esters is 1. The quantitative estimate of drug-likeness (QED) is 0.414. The molecular weight excluding hydrogens is 302 g/mol. The number of hydrogen-bond acceptors (Lipinski definition) is 5. The molecule has 2 N–H and O–H groups in total. The molecule has 0 aliphatic heterocycles. The van der Waals surface area contributed by atoms with Gasteiger partial charge in [-0.05, 0) is 42.9 Å². The summed E-state index contributed by atoms with van der Waals surface area (Å²) in [6.07, 6.45) is 3.76. The summed E-state index contributed by atoms with van der Waals surface area (Å²) in [6, 6.07) is 5.14. The normalized spacial score (nSPS) is 11.5. The SMILES string of the molecule is C=CCCCSC[C@H](NC(=O)c1ccc(O)cc1)C(=O)OC. The number of thioether (sulfide) groups is 1. The Balaban J connectivity index is 2.56. The summed E-state index contributed by atoms with van der Waals surface area (Å²) in [7, 11) is 1.30. The number of unbranched alkanes of at least 4 members (excludes halogenated alkanes) is 1. The van der Waals surface area contributed by atoms with Crippen LogP contribution in [0.5, 0.6) is 5.75 Å². The van der Waals surface area contributed by atoms with Crippen LogP contribution in [0.4, 0.5) is 0 Å². The van der Waals surface area contributed by atoms with Crippen molar-refractivity contribution >= 4 is 23.6 Å². The standard InChI is InChI=1S/C16H21NO4S/c1-3-4-5-10-22-11-14(16(20)21-2)17-15(19)12-6-8-13(18)9-7-12/h3,6-9,14,18H,1,4-5,10-11H2,2H3,(H,17,19)/t14-/m0/s1. The Labute approximate surface area is 134 Å². The predicted octanol–water partition coefficient (Wildman–Crippen LogP) is 2.36. The van der Waals surface area contributed by atoms with E-state index in [1.807, 2.05) is 6.08 Å². The summed E-state index contributed by atoms with van der Waals surface area (Å²) >= 11 is 1.58. The monoisotopic (exact) mass is 323 g/mol. The lowest BCUT2D eigenvalue weighted by Crippen LogP contribution is -2.43. The number of methoxy groups -OCH3 is 1. The van der Waals surface area contributed by atoms with E-state index in [0.717, 1.165) is 18.6 Å². The van der Waals surface area contributed by atoms with Crippen LogP contribution >= 0.6 is 11.8 Å². The van der Waals surface area contributed by atoms with Crippen molar-refractivity contribution in [2.45, 2.75) is 18.9 Å². The van der Waals surface area contributed by atoms with Crippen LogP contribution in [-0.2, 0) is 9.53 Å². The molecule has 0 heterocycles. The van der Waals surface area contributed by atoms with E-state index in [4.69, 9.17) is 4.74 Å². The Bertz CT molecular complexity index is 501. The number of phenolic OH excluding ortho intramolecular Hbond substituents is 1. The van der Waals surface area contributed by atoms with Crippen LogP contribution in [0.15, 0.2) is 36.9 Å². The van der Waals surface area contributed by atoms with Crippen LogP contribution in [0.2, 0.25) is 0 Å². The Hall–Kier alpha value is -1.95. The molecule has 0 saturated carbocycles. The molecule has 1 aromatic carbocycles. The summed E-state index contributed by atoms with van der Waals surface area (Å²) in [5.74, 6) is 0.576. The topological polar surface area (TPSA) is 75.6 Å². The van der Waals surface area contributed by atoms with Crippen molar-refractivity contribution in [3.8, 4) is 5.75 Å². The molecule has 0 radical (unpaired) electrons. The Kier molecular flexibility index (Phi) is 8.14. The molecule has 22 heavy (non-hydrogen) atoms. The van der Waals surface area contributed by atoms with Gasteiger partial charge < -0.3 is 15.2 Å². The second-order valence-corrected chi connectivity index (χ2v) is 5.75. The Morgan fingerprint density at radius 3 is 2.68 bits per heavy atom. The minimum atomic E-state index is -0.694. The van der Waals surface area contributed by atoms with Crippen LogP contribution in [0.3, 0.4) is 0 Å². The number of benzene rings is 1. The number of rotatable bonds is 9. The average molecular weight is 323 g/mol. The second kappa shape index (κ2) is 9.89. The molecule has 5 nitrogen and oxygen atoms in total. The third kappa shape index (κ3) is 6.22. The molecule has 6 heteroatoms. The first-order valence-electron chi connectivity index (χ1n) is 6.95. The van der Waals surface area contributed by atoms with Crippen molar-refractivity contribution in [3.63, 3.8) is 0 Å². The van der Waals surface area contributed by atoms with Gasteiger partial charge in [0.2, 0.25) is 0 Å². The van der Waals surface area contributed by atoms with Crippen molar-refractivity contribution in [1.29, 1.82) is 0 Å². The lowest BCUT2D eigenvalue weighted by Gasteiger charge is -2.16. The van der Waals surface area contributed by atoms with Crippen LogP contribution in [-0.4, -0.2) is 41.6 Å². The largest absolute Gasteiger partial charge is 0.508 e. The maximum atomic E-state index is 12.1. The van der Waals surface area contributed by atoms with Gasteiger partial charge in [0.05, 0.1) is 7.11 Å². The molecule has 0 spiro atoms. The van der Waals surface area contributed by atoms with Gasteiger partial charge in [-0.1, -0.05) is 6.08 Å². The summed E-state index contributed by atoms with van der Waals surface area (Å²) in [4.78, 5) is 23.8. The number of amides is 1. The first-order chi connectivity index (χ1) is 10.6. The van der Waals surface area contributed by atoms with Crippen LogP contribution in [0.25, 0.3) is 0 Å². The van der Waals surface area contributed by atoms with Crippen LogP contribution < -0.4 is 5.32 Å². The number of nitrogens with one attached hydrogen (secondary N) is 1. The third-order valence-corrected chi connectivity index (χ3v) is 4.05. The first-order valence-corrected chi connectivity index (χ1v) is 8.10. The minimum absolute atomic E-state index is 0.0823. The number of allylic oxidation sites excluding steroid dienone is 1. The minimum Gasteiger partial charge on any atom is -0.508 e. The lowest BCUT2D eigenvalue weighted by atomic mass is 10.2. The van der Waals surface area contributed by atoms with Crippen molar-refractivity contribution in [2.75, 3.05) is 18.6 Å². The van der Waals surface area contributed by atoms with E-state index >= 15 is 0 Å². The van der Waals surface area contributed by atoms with Gasteiger partial charge in [-0.2, -0.15) is 11.8 Å². The molecular formula is C16H21NO4S.